The molecule has 2 aromatic heterocycles. The van der Waals surface area contributed by atoms with E-state index in [1.54, 1.807) is 29.8 Å². The predicted octanol–water partition coefficient (Wildman–Crippen LogP) is 4.87. The van der Waals surface area contributed by atoms with Crippen molar-refractivity contribution >= 4 is 28.2 Å². The fourth-order valence-electron chi connectivity index (χ4n) is 2.05. The Hall–Kier alpha value is -2.94. The van der Waals surface area contributed by atoms with Gasteiger partial charge in [0.05, 0.1) is 16.9 Å². The monoisotopic (exact) mass is 364 g/mol. The summed E-state index contributed by atoms with van der Waals surface area (Å²) in [6.45, 7) is 0. The van der Waals surface area contributed by atoms with Gasteiger partial charge in [0.2, 0.25) is 0 Å². The molecule has 0 saturated carbocycles. The van der Waals surface area contributed by atoms with Crippen molar-refractivity contribution in [3.05, 3.63) is 59.6 Å². The molecule has 0 aliphatic heterocycles. The van der Waals surface area contributed by atoms with Crippen LogP contribution in [0.4, 0.5) is 28.8 Å². The molecular formula is C16H11F3N4OS. The average molecular weight is 364 g/mol. The van der Waals surface area contributed by atoms with Crippen molar-refractivity contribution in [1.82, 2.24) is 9.97 Å². The van der Waals surface area contributed by atoms with Gasteiger partial charge in [-0.1, -0.05) is 18.2 Å². The molecule has 0 fully saturated rings. The Morgan fingerprint density at radius 3 is 2.48 bits per heavy atom. The molecule has 0 bridgehead atoms. The standard InChI is InChI=1S/C16H11F3N4OS/c17-16(18,19)10-5-1-2-6-11(10)21-14(24)23-15-22-13(9-25-15)12-7-3-4-8-20-12/h1-9H,(H2,21,22,23,24). The molecule has 2 N–H and O–H groups in total. The Morgan fingerprint density at radius 2 is 1.76 bits per heavy atom. The number of carbonyl (C=O) groups is 1. The summed E-state index contributed by atoms with van der Waals surface area (Å²) in [6, 6.07) is 9.27. The average Bonchev–Trinajstić information content (AvgIpc) is 3.03. The minimum Gasteiger partial charge on any atom is -0.307 e. The van der Waals surface area contributed by atoms with Crippen LogP contribution < -0.4 is 10.6 Å². The van der Waals surface area contributed by atoms with E-state index in [9.17, 15) is 18.0 Å². The van der Waals surface area contributed by atoms with Crippen molar-refractivity contribution in [1.29, 1.82) is 0 Å². The summed E-state index contributed by atoms with van der Waals surface area (Å²) in [5.41, 5.74) is -0.0429. The normalized spacial score (nSPS) is 11.2. The van der Waals surface area contributed by atoms with Crippen LogP contribution >= 0.6 is 11.3 Å². The number of hydrogen-bond acceptors (Lipinski definition) is 4. The molecular weight excluding hydrogens is 353 g/mol. The van der Waals surface area contributed by atoms with Gasteiger partial charge in [0.25, 0.3) is 0 Å². The van der Waals surface area contributed by atoms with Gasteiger partial charge in [-0.2, -0.15) is 13.2 Å². The second kappa shape index (κ2) is 6.89. The third-order valence-electron chi connectivity index (χ3n) is 3.13. The first-order chi connectivity index (χ1) is 11.9. The van der Waals surface area contributed by atoms with Crippen LogP contribution in [0, 0.1) is 0 Å². The maximum atomic E-state index is 12.9. The smallest absolute Gasteiger partial charge is 0.307 e. The van der Waals surface area contributed by atoms with Crippen molar-refractivity contribution in [2.45, 2.75) is 6.18 Å². The second-order valence-corrected chi connectivity index (χ2v) is 5.73. The topological polar surface area (TPSA) is 66.9 Å². The zero-order chi connectivity index (χ0) is 17.9. The zero-order valence-corrected chi connectivity index (χ0v) is 13.4. The molecule has 1 aromatic carbocycles. The minimum absolute atomic E-state index is 0.252. The molecule has 0 radical (unpaired) electrons. The predicted molar refractivity (Wildman–Crippen MR) is 89.4 cm³/mol. The highest BCUT2D eigenvalue weighted by Crippen LogP contribution is 2.34. The lowest BCUT2D eigenvalue weighted by Gasteiger charge is -2.13. The molecule has 9 heteroatoms. The first-order valence-corrected chi connectivity index (χ1v) is 7.92. The number of thiazole rings is 1. The Morgan fingerprint density at radius 1 is 1.00 bits per heavy atom. The number of pyridine rings is 1. The van der Waals surface area contributed by atoms with Crippen LogP contribution in [0.1, 0.15) is 5.56 Å². The molecule has 2 amide bonds. The van der Waals surface area contributed by atoms with Crippen LogP contribution in [0.5, 0.6) is 0 Å². The highest BCUT2D eigenvalue weighted by Gasteiger charge is 2.33. The minimum atomic E-state index is -4.56. The van der Waals surface area contributed by atoms with Crippen LogP contribution in [-0.4, -0.2) is 16.0 Å². The summed E-state index contributed by atoms with van der Waals surface area (Å²) in [7, 11) is 0. The van der Waals surface area contributed by atoms with Gasteiger partial charge >= 0.3 is 12.2 Å². The molecule has 0 aliphatic carbocycles. The number of benzene rings is 1. The van der Waals surface area contributed by atoms with Crippen LogP contribution in [-0.2, 0) is 6.18 Å². The number of nitrogens with zero attached hydrogens (tertiary/aromatic N) is 2. The van der Waals surface area contributed by atoms with Gasteiger partial charge in [0.15, 0.2) is 5.13 Å². The quantitative estimate of drug-likeness (QED) is 0.697. The molecule has 3 aromatic rings. The number of anilines is 2. The lowest BCUT2D eigenvalue weighted by molar-refractivity contribution is -0.136. The number of hydrogen-bond donors (Lipinski definition) is 2. The van der Waals surface area contributed by atoms with E-state index in [0.717, 1.165) is 17.4 Å². The van der Waals surface area contributed by atoms with Crippen molar-refractivity contribution in [3.8, 4) is 11.4 Å². The van der Waals surface area contributed by atoms with Crippen LogP contribution in [0.15, 0.2) is 54.0 Å². The molecule has 0 saturated heterocycles. The number of urea groups is 1. The number of alkyl halides is 3. The lowest BCUT2D eigenvalue weighted by atomic mass is 10.1. The summed E-state index contributed by atoms with van der Waals surface area (Å²) >= 11 is 1.15. The van der Waals surface area contributed by atoms with Gasteiger partial charge in [-0.05, 0) is 24.3 Å². The van der Waals surface area contributed by atoms with E-state index in [2.05, 4.69) is 20.6 Å². The first-order valence-electron chi connectivity index (χ1n) is 7.04. The van der Waals surface area contributed by atoms with Gasteiger partial charge in [0.1, 0.15) is 5.69 Å². The highest BCUT2D eigenvalue weighted by atomic mass is 32.1. The molecule has 3 rings (SSSR count). The summed E-state index contributed by atoms with van der Waals surface area (Å²) < 4.78 is 38.8. The molecule has 0 unspecified atom stereocenters. The second-order valence-electron chi connectivity index (χ2n) is 4.88. The fourth-order valence-corrected chi connectivity index (χ4v) is 2.75. The van der Waals surface area contributed by atoms with E-state index in [-0.39, 0.29) is 10.8 Å². The molecule has 5 nitrogen and oxygen atoms in total. The van der Waals surface area contributed by atoms with Gasteiger partial charge in [-0.15, -0.1) is 11.3 Å². The van der Waals surface area contributed by atoms with E-state index in [1.165, 1.54) is 18.2 Å². The van der Waals surface area contributed by atoms with E-state index >= 15 is 0 Å². The van der Waals surface area contributed by atoms with Crippen molar-refractivity contribution in [3.63, 3.8) is 0 Å². The lowest BCUT2D eigenvalue weighted by Crippen LogP contribution is -2.21. The number of nitrogens with one attached hydrogen (secondary N) is 2. The third kappa shape index (κ3) is 4.13. The van der Waals surface area contributed by atoms with E-state index in [4.69, 9.17) is 0 Å². The van der Waals surface area contributed by atoms with Gasteiger partial charge in [0, 0.05) is 11.6 Å². The number of amides is 2. The van der Waals surface area contributed by atoms with Crippen LogP contribution in [0.2, 0.25) is 0 Å². The first kappa shape index (κ1) is 16.9. The van der Waals surface area contributed by atoms with Crippen molar-refractivity contribution < 1.29 is 18.0 Å². The Balaban J connectivity index is 1.71. The largest absolute Gasteiger partial charge is 0.418 e. The van der Waals surface area contributed by atoms with Gasteiger partial charge in [-0.3, -0.25) is 10.3 Å². The summed E-state index contributed by atoms with van der Waals surface area (Å²) in [5, 5.41) is 6.57. The zero-order valence-electron chi connectivity index (χ0n) is 12.5. The van der Waals surface area contributed by atoms with E-state index < -0.39 is 17.8 Å². The number of halogens is 3. The number of carbonyl (C=O) groups excluding carboxylic acids is 1. The fraction of sp³-hybridized carbons (Fsp3) is 0.0625. The van der Waals surface area contributed by atoms with Crippen LogP contribution in [0.3, 0.4) is 0 Å². The van der Waals surface area contributed by atoms with E-state index in [1.807, 2.05) is 0 Å². The SMILES string of the molecule is O=C(Nc1nc(-c2ccccn2)cs1)Nc1ccccc1C(F)(F)F. The van der Waals surface area contributed by atoms with Gasteiger partial charge < -0.3 is 5.32 Å². The van der Waals surface area contributed by atoms with Gasteiger partial charge in [-0.25, -0.2) is 9.78 Å². The number of para-hydroxylation sites is 1. The maximum Gasteiger partial charge on any atom is 0.418 e. The molecule has 0 aliphatic rings. The Kier molecular flexibility index (Phi) is 4.66. The van der Waals surface area contributed by atoms with E-state index in [0.29, 0.717) is 11.4 Å². The number of aromatic nitrogens is 2. The highest BCUT2D eigenvalue weighted by molar-refractivity contribution is 7.14. The third-order valence-corrected chi connectivity index (χ3v) is 3.89. The molecule has 0 atom stereocenters. The maximum absolute atomic E-state index is 12.9. The molecule has 25 heavy (non-hydrogen) atoms. The molecule has 0 spiro atoms. The number of rotatable bonds is 3. The Bertz CT molecular complexity index is 880. The summed E-state index contributed by atoms with van der Waals surface area (Å²) in [6.07, 6.45) is -2.94. The summed E-state index contributed by atoms with van der Waals surface area (Å²) in [5.74, 6) is 0. The molecule has 128 valence electrons. The molecule has 2 heterocycles. The van der Waals surface area contributed by atoms with Crippen LogP contribution in [0.25, 0.3) is 11.4 Å². The summed E-state index contributed by atoms with van der Waals surface area (Å²) in [4.78, 5) is 20.3. The Labute approximate surface area is 144 Å². The van der Waals surface area contributed by atoms with Crippen molar-refractivity contribution in [2.24, 2.45) is 0 Å². The van der Waals surface area contributed by atoms with Crippen molar-refractivity contribution in [2.75, 3.05) is 10.6 Å².